The Morgan fingerprint density at radius 2 is 1.84 bits per heavy atom. The highest BCUT2D eigenvalue weighted by atomic mass is 16.6. The third kappa shape index (κ3) is 6.94. The molecule has 7 nitrogen and oxygen atoms in total. The zero-order chi connectivity index (χ0) is 22.1. The van der Waals surface area contributed by atoms with E-state index in [0.29, 0.717) is 45.2 Å². The molecule has 0 atom stereocenters. The number of hydrogen-bond acceptors (Lipinski definition) is 5. The van der Waals surface area contributed by atoms with Gasteiger partial charge in [0.15, 0.2) is 0 Å². The van der Waals surface area contributed by atoms with E-state index >= 15 is 0 Å². The number of ether oxygens (including phenoxy) is 2. The zero-order valence-electron chi connectivity index (χ0n) is 19.0. The van der Waals surface area contributed by atoms with Crippen molar-refractivity contribution in [1.29, 1.82) is 0 Å². The molecule has 0 aliphatic carbocycles. The number of hydrogen-bond donors (Lipinski definition) is 1. The largest absolute Gasteiger partial charge is 0.449 e. The van der Waals surface area contributed by atoms with Crippen LogP contribution in [0.3, 0.4) is 0 Å². The third-order valence-corrected chi connectivity index (χ3v) is 6.21. The Kier molecular flexibility index (Phi) is 8.72. The minimum Gasteiger partial charge on any atom is -0.449 e. The van der Waals surface area contributed by atoms with Gasteiger partial charge in [0.05, 0.1) is 13.2 Å². The highest BCUT2D eigenvalue weighted by Crippen LogP contribution is 2.34. The van der Waals surface area contributed by atoms with Gasteiger partial charge in [-0.3, -0.25) is 9.69 Å². The van der Waals surface area contributed by atoms with Gasteiger partial charge in [-0.25, -0.2) is 4.79 Å². The van der Waals surface area contributed by atoms with Crippen LogP contribution in [-0.2, 0) is 19.7 Å². The van der Waals surface area contributed by atoms with Crippen molar-refractivity contribution in [3.05, 3.63) is 35.9 Å². The normalized spacial score (nSPS) is 19.6. The lowest BCUT2D eigenvalue weighted by atomic mass is 9.74. The molecule has 3 rings (SSSR count). The monoisotopic (exact) mass is 431 g/mol. The van der Waals surface area contributed by atoms with E-state index in [1.807, 2.05) is 19.9 Å². The Hall–Kier alpha value is -2.12. The van der Waals surface area contributed by atoms with Crippen LogP contribution in [0, 0.1) is 5.92 Å². The van der Waals surface area contributed by atoms with Crippen molar-refractivity contribution in [2.75, 3.05) is 59.1 Å². The summed E-state index contributed by atoms with van der Waals surface area (Å²) < 4.78 is 10.9. The van der Waals surface area contributed by atoms with Crippen LogP contribution >= 0.6 is 0 Å². The highest BCUT2D eigenvalue weighted by molar-refractivity contribution is 5.78. The van der Waals surface area contributed by atoms with Crippen LogP contribution in [0.15, 0.2) is 30.3 Å². The smallest absolute Gasteiger partial charge is 0.409 e. The molecule has 0 unspecified atom stereocenters. The lowest BCUT2D eigenvalue weighted by Gasteiger charge is -2.38. The molecule has 0 radical (unpaired) electrons. The maximum atomic E-state index is 12.7. The molecule has 0 bridgehead atoms. The summed E-state index contributed by atoms with van der Waals surface area (Å²) in [6.45, 7) is 9.67. The van der Waals surface area contributed by atoms with E-state index in [0.717, 1.165) is 39.0 Å². The van der Waals surface area contributed by atoms with Gasteiger partial charge in [-0.15, -0.1) is 0 Å². The molecule has 172 valence electrons. The summed E-state index contributed by atoms with van der Waals surface area (Å²) in [5.74, 6) is 0.365. The number of nitrogens with one attached hydrogen (secondary N) is 1. The van der Waals surface area contributed by atoms with Crippen LogP contribution in [-0.4, -0.2) is 80.9 Å². The maximum absolute atomic E-state index is 12.7. The lowest BCUT2D eigenvalue weighted by molar-refractivity contribution is -0.122. The maximum Gasteiger partial charge on any atom is 0.409 e. The Labute approximate surface area is 186 Å². The SMILES string of the molecule is CC(C)COC(=O)N1CCCN(CC(=O)NCC2(c3ccccc3)CCOCC2)CC1. The van der Waals surface area contributed by atoms with Gasteiger partial charge in [0.25, 0.3) is 0 Å². The molecular weight excluding hydrogens is 394 g/mol. The minimum atomic E-state index is -0.246. The summed E-state index contributed by atoms with van der Waals surface area (Å²) in [6.07, 6.45) is 2.42. The van der Waals surface area contributed by atoms with Crippen LogP contribution in [0.4, 0.5) is 4.79 Å². The molecule has 2 aliphatic heterocycles. The molecule has 0 saturated carbocycles. The average Bonchev–Trinajstić information content (AvgIpc) is 3.03. The number of nitrogens with zero attached hydrogens (tertiary/aromatic N) is 2. The van der Waals surface area contributed by atoms with Gasteiger partial charge in [-0.2, -0.15) is 0 Å². The molecular formula is C24H37N3O4. The Bertz CT molecular complexity index is 704. The quantitative estimate of drug-likeness (QED) is 0.719. The molecule has 1 N–H and O–H groups in total. The molecule has 31 heavy (non-hydrogen) atoms. The first kappa shape index (κ1) is 23.5. The number of rotatable bonds is 7. The first-order chi connectivity index (χ1) is 15.0. The van der Waals surface area contributed by atoms with Crippen molar-refractivity contribution in [3.63, 3.8) is 0 Å². The van der Waals surface area contributed by atoms with E-state index in [1.165, 1.54) is 5.56 Å². The van der Waals surface area contributed by atoms with E-state index in [9.17, 15) is 9.59 Å². The van der Waals surface area contributed by atoms with Crippen LogP contribution in [0.2, 0.25) is 0 Å². The number of carbonyl (C=O) groups excluding carboxylic acids is 2. The van der Waals surface area contributed by atoms with Crippen molar-refractivity contribution < 1.29 is 19.1 Å². The first-order valence-corrected chi connectivity index (χ1v) is 11.5. The fourth-order valence-electron chi connectivity index (χ4n) is 4.29. The van der Waals surface area contributed by atoms with E-state index in [1.54, 1.807) is 4.90 Å². The predicted octanol–water partition coefficient (Wildman–Crippen LogP) is 2.65. The fraction of sp³-hybridized carbons (Fsp3) is 0.667. The number of benzene rings is 1. The fourth-order valence-corrected chi connectivity index (χ4v) is 4.29. The predicted molar refractivity (Wildman–Crippen MR) is 120 cm³/mol. The van der Waals surface area contributed by atoms with Gasteiger partial charge >= 0.3 is 6.09 Å². The summed E-state index contributed by atoms with van der Waals surface area (Å²) >= 11 is 0. The van der Waals surface area contributed by atoms with E-state index in [4.69, 9.17) is 9.47 Å². The van der Waals surface area contributed by atoms with Gasteiger partial charge < -0.3 is 19.7 Å². The van der Waals surface area contributed by atoms with Crippen LogP contribution < -0.4 is 5.32 Å². The highest BCUT2D eigenvalue weighted by Gasteiger charge is 2.34. The second-order valence-corrected chi connectivity index (χ2v) is 9.12. The Morgan fingerprint density at radius 1 is 1.10 bits per heavy atom. The lowest BCUT2D eigenvalue weighted by Crippen LogP contribution is -2.47. The second kappa shape index (κ2) is 11.5. The number of amides is 2. The zero-order valence-corrected chi connectivity index (χ0v) is 19.0. The van der Waals surface area contributed by atoms with Crippen molar-refractivity contribution in [2.24, 2.45) is 5.92 Å². The van der Waals surface area contributed by atoms with Crippen molar-refractivity contribution in [2.45, 2.75) is 38.5 Å². The third-order valence-electron chi connectivity index (χ3n) is 6.21. The first-order valence-electron chi connectivity index (χ1n) is 11.5. The van der Waals surface area contributed by atoms with Gasteiger partial charge in [0.2, 0.25) is 5.91 Å². The van der Waals surface area contributed by atoms with Crippen LogP contribution in [0.5, 0.6) is 0 Å². The van der Waals surface area contributed by atoms with E-state index < -0.39 is 0 Å². The van der Waals surface area contributed by atoms with Crippen LogP contribution in [0.1, 0.15) is 38.7 Å². The summed E-state index contributed by atoms with van der Waals surface area (Å²) in [6, 6.07) is 10.4. The molecule has 2 heterocycles. The van der Waals surface area contributed by atoms with Crippen molar-refractivity contribution >= 4 is 12.0 Å². The molecule has 2 fully saturated rings. The molecule has 1 aromatic rings. The summed E-state index contributed by atoms with van der Waals surface area (Å²) in [5.41, 5.74) is 1.20. The van der Waals surface area contributed by atoms with E-state index in [2.05, 4.69) is 34.5 Å². The topological polar surface area (TPSA) is 71.1 Å². The van der Waals surface area contributed by atoms with Crippen LogP contribution in [0.25, 0.3) is 0 Å². The van der Waals surface area contributed by atoms with Crippen molar-refractivity contribution in [3.8, 4) is 0 Å². The molecule has 0 aromatic heterocycles. The molecule has 0 spiro atoms. The minimum absolute atomic E-state index is 0.0395. The average molecular weight is 432 g/mol. The van der Waals surface area contributed by atoms with Gasteiger partial charge in [0, 0.05) is 51.4 Å². The van der Waals surface area contributed by atoms with Gasteiger partial charge in [-0.05, 0) is 30.7 Å². The summed E-state index contributed by atoms with van der Waals surface area (Å²) in [5, 5.41) is 3.18. The number of carbonyl (C=O) groups is 2. The van der Waals surface area contributed by atoms with Crippen molar-refractivity contribution in [1.82, 2.24) is 15.1 Å². The van der Waals surface area contributed by atoms with Gasteiger partial charge in [0.1, 0.15) is 0 Å². The summed E-state index contributed by atoms with van der Waals surface area (Å²) in [7, 11) is 0. The molecule has 2 aliphatic rings. The molecule has 2 saturated heterocycles. The van der Waals surface area contributed by atoms with E-state index in [-0.39, 0.29) is 17.4 Å². The Morgan fingerprint density at radius 3 is 2.55 bits per heavy atom. The second-order valence-electron chi connectivity index (χ2n) is 9.12. The Balaban J connectivity index is 1.48. The van der Waals surface area contributed by atoms with Gasteiger partial charge in [-0.1, -0.05) is 44.2 Å². The summed E-state index contributed by atoms with van der Waals surface area (Å²) in [4.78, 5) is 28.9. The molecule has 2 amide bonds. The standard InChI is InChI=1S/C24H37N3O4/c1-20(2)18-31-23(29)27-12-6-11-26(13-14-27)17-22(28)25-19-24(9-15-30-16-10-24)21-7-4-3-5-8-21/h3-5,7-8,20H,6,9-19H2,1-2H3,(H,25,28). The molecule has 7 heteroatoms. The molecule has 1 aromatic carbocycles.